The van der Waals surface area contributed by atoms with Crippen LogP contribution in [0.3, 0.4) is 0 Å². The van der Waals surface area contributed by atoms with Crippen molar-refractivity contribution < 1.29 is 9.21 Å². The standard InChI is InChI=1S/C27H24N6O2/c34-27(23-12-7-17-35-23)32-15-13-31(14-16-32)25-22-19-28-33(21-10-5-2-6-11-21)26(22)30-24(29-25)18-20-8-3-1-4-9-20/h1-12,17,19H,13-16,18H2. The van der Waals surface area contributed by atoms with Crippen LogP contribution in [-0.4, -0.2) is 56.7 Å². The third-order valence-corrected chi connectivity index (χ3v) is 6.26. The van der Waals surface area contributed by atoms with Crippen molar-refractivity contribution in [2.24, 2.45) is 0 Å². The van der Waals surface area contributed by atoms with Crippen molar-refractivity contribution in [2.75, 3.05) is 31.1 Å². The Morgan fingerprint density at radius 1 is 0.857 bits per heavy atom. The van der Waals surface area contributed by atoms with Crippen LogP contribution >= 0.6 is 0 Å². The SMILES string of the molecule is O=C(c1ccco1)N1CCN(c2nc(Cc3ccccc3)nc3c2cnn3-c2ccccc2)CC1. The first kappa shape index (κ1) is 21.1. The molecule has 1 amide bonds. The molecule has 2 aromatic carbocycles. The van der Waals surface area contributed by atoms with Gasteiger partial charge in [0.15, 0.2) is 11.4 Å². The van der Waals surface area contributed by atoms with E-state index in [1.165, 1.54) is 6.26 Å². The monoisotopic (exact) mass is 464 g/mol. The minimum Gasteiger partial charge on any atom is -0.459 e. The zero-order chi connectivity index (χ0) is 23.6. The minimum absolute atomic E-state index is 0.0795. The molecule has 1 saturated heterocycles. The summed E-state index contributed by atoms with van der Waals surface area (Å²) in [6.45, 7) is 2.51. The Morgan fingerprint density at radius 2 is 1.60 bits per heavy atom. The number of benzene rings is 2. The van der Waals surface area contributed by atoms with E-state index in [2.05, 4.69) is 22.1 Å². The highest BCUT2D eigenvalue weighted by atomic mass is 16.3. The normalized spacial score (nSPS) is 13.9. The molecule has 35 heavy (non-hydrogen) atoms. The first-order chi connectivity index (χ1) is 17.3. The molecule has 8 nitrogen and oxygen atoms in total. The second-order valence-electron chi connectivity index (χ2n) is 8.51. The second kappa shape index (κ2) is 9.06. The van der Waals surface area contributed by atoms with E-state index >= 15 is 0 Å². The zero-order valence-corrected chi connectivity index (χ0v) is 19.1. The maximum atomic E-state index is 12.7. The van der Waals surface area contributed by atoms with Crippen LogP contribution in [0.1, 0.15) is 21.9 Å². The number of carbonyl (C=O) groups is 1. The van der Waals surface area contributed by atoms with Crippen molar-refractivity contribution in [3.05, 3.63) is 102 Å². The zero-order valence-electron chi connectivity index (χ0n) is 19.1. The van der Waals surface area contributed by atoms with E-state index in [1.807, 2.05) is 64.3 Å². The van der Waals surface area contributed by atoms with Gasteiger partial charge >= 0.3 is 0 Å². The number of hydrogen-bond acceptors (Lipinski definition) is 6. The van der Waals surface area contributed by atoms with Gasteiger partial charge in [0.25, 0.3) is 5.91 Å². The van der Waals surface area contributed by atoms with E-state index in [1.54, 1.807) is 12.1 Å². The van der Waals surface area contributed by atoms with E-state index in [4.69, 9.17) is 14.4 Å². The van der Waals surface area contributed by atoms with E-state index in [9.17, 15) is 4.79 Å². The number of hydrogen-bond donors (Lipinski definition) is 0. The van der Waals surface area contributed by atoms with Gasteiger partial charge in [-0.15, -0.1) is 0 Å². The van der Waals surface area contributed by atoms with Crippen molar-refractivity contribution >= 4 is 22.8 Å². The predicted octanol–water partition coefficient (Wildman–Crippen LogP) is 3.96. The van der Waals surface area contributed by atoms with Crippen molar-refractivity contribution in [3.8, 4) is 5.69 Å². The van der Waals surface area contributed by atoms with Crippen LogP contribution in [0.25, 0.3) is 16.7 Å². The van der Waals surface area contributed by atoms with Gasteiger partial charge in [0.05, 0.1) is 23.5 Å². The van der Waals surface area contributed by atoms with Crippen molar-refractivity contribution in [1.29, 1.82) is 0 Å². The molecule has 1 fully saturated rings. The quantitative estimate of drug-likeness (QED) is 0.392. The number of nitrogens with zero attached hydrogens (tertiary/aromatic N) is 6. The molecule has 0 bridgehead atoms. The predicted molar refractivity (Wildman–Crippen MR) is 133 cm³/mol. The molecule has 0 aliphatic carbocycles. The molecule has 1 aliphatic rings. The number of piperazine rings is 1. The highest BCUT2D eigenvalue weighted by Crippen LogP contribution is 2.27. The molecule has 0 N–H and O–H groups in total. The fourth-order valence-corrected chi connectivity index (χ4v) is 4.47. The summed E-state index contributed by atoms with van der Waals surface area (Å²) in [7, 11) is 0. The summed E-state index contributed by atoms with van der Waals surface area (Å²) in [5.41, 5.74) is 2.88. The number of para-hydroxylation sites is 1. The van der Waals surface area contributed by atoms with Gasteiger partial charge in [0.2, 0.25) is 0 Å². The van der Waals surface area contributed by atoms with Crippen LogP contribution in [0.2, 0.25) is 0 Å². The number of amides is 1. The average molecular weight is 465 g/mol. The Bertz CT molecular complexity index is 1440. The molecule has 6 rings (SSSR count). The molecule has 5 aromatic rings. The maximum Gasteiger partial charge on any atom is 0.289 e. The van der Waals surface area contributed by atoms with E-state index in [0.29, 0.717) is 38.4 Å². The molecule has 1 aliphatic heterocycles. The van der Waals surface area contributed by atoms with Crippen molar-refractivity contribution in [1.82, 2.24) is 24.6 Å². The van der Waals surface area contributed by atoms with Crippen LogP contribution in [0.5, 0.6) is 0 Å². The Labute approximate surface area is 202 Å². The van der Waals surface area contributed by atoms with Crippen molar-refractivity contribution in [2.45, 2.75) is 6.42 Å². The minimum atomic E-state index is -0.0795. The summed E-state index contributed by atoms with van der Waals surface area (Å²) in [6, 6.07) is 23.7. The van der Waals surface area contributed by atoms with Gasteiger partial charge in [-0.1, -0.05) is 48.5 Å². The molecule has 0 unspecified atom stereocenters. The Hall–Kier alpha value is -4.46. The first-order valence-corrected chi connectivity index (χ1v) is 11.7. The summed E-state index contributed by atoms with van der Waals surface area (Å²) in [5, 5.41) is 5.56. The van der Waals surface area contributed by atoms with Crippen LogP contribution in [0.4, 0.5) is 5.82 Å². The number of rotatable bonds is 5. The summed E-state index contributed by atoms with van der Waals surface area (Å²) in [5.74, 6) is 1.89. The summed E-state index contributed by atoms with van der Waals surface area (Å²) in [6.07, 6.45) is 3.99. The van der Waals surface area contributed by atoms with Gasteiger partial charge < -0.3 is 14.2 Å². The molecule has 0 atom stereocenters. The lowest BCUT2D eigenvalue weighted by Crippen LogP contribution is -2.49. The first-order valence-electron chi connectivity index (χ1n) is 11.7. The highest BCUT2D eigenvalue weighted by molar-refractivity contribution is 5.92. The van der Waals surface area contributed by atoms with E-state index in [0.717, 1.165) is 33.9 Å². The Morgan fingerprint density at radius 3 is 2.31 bits per heavy atom. The van der Waals surface area contributed by atoms with Gasteiger partial charge in [0, 0.05) is 32.6 Å². The largest absolute Gasteiger partial charge is 0.459 e. The smallest absolute Gasteiger partial charge is 0.289 e. The molecule has 0 saturated carbocycles. The van der Waals surface area contributed by atoms with Crippen LogP contribution in [0.15, 0.2) is 89.7 Å². The number of anilines is 1. The number of fused-ring (bicyclic) bond motifs is 1. The molecule has 0 spiro atoms. The molecule has 174 valence electrons. The molecule has 3 aromatic heterocycles. The van der Waals surface area contributed by atoms with Gasteiger partial charge in [-0.25, -0.2) is 14.6 Å². The molecular weight excluding hydrogens is 440 g/mol. The van der Waals surface area contributed by atoms with Gasteiger partial charge in [-0.3, -0.25) is 4.79 Å². The van der Waals surface area contributed by atoms with Gasteiger partial charge in [-0.05, 0) is 29.8 Å². The van der Waals surface area contributed by atoms with Crippen LogP contribution in [-0.2, 0) is 6.42 Å². The lowest BCUT2D eigenvalue weighted by atomic mass is 10.1. The Kier molecular flexibility index (Phi) is 5.46. The van der Waals surface area contributed by atoms with E-state index < -0.39 is 0 Å². The topological polar surface area (TPSA) is 80.3 Å². The maximum absolute atomic E-state index is 12.7. The summed E-state index contributed by atoms with van der Waals surface area (Å²) < 4.78 is 7.17. The number of carbonyl (C=O) groups excluding carboxylic acids is 1. The second-order valence-corrected chi connectivity index (χ2v) is 8.51. The van der Waals surface area contributed by atoms with Crippen LogP contribution < -0.4 is 4.90 Å². The number of aromatic nitrogens is 4. The molecule has 4 heterocycles. The fraction of sp³-hybridized carbons (Fsp3) is 0.185. The highest BCUT2D eigenvalue weighted by Gasteiger charge is 2.26. The lowest BCUT2D eigenvalue weighted by Gasteiger charge is -2.35. The average Bonchev–Trinajstić information content (AvgIpc) is 3.60. The van der Waals surface area contributed by atoms with Gasteiger partial charge in [-0.2, -0.15) is 5.10 Å². The molecule has 8 heteroatoms. The van der Waals surface area contributed by atoms with Crippen LogP contribution in [0, 0.1) is 0 Å². The Balaban J connectivity index is 1.35. The van der Waals surface area contributed by atoms with Gasteiger partial charge in [0.1, 0.15) is 11.6 Å². The summed E-state index contributed by atoms with van der Waals surface area (Å²) >= 11 is 0. The fourth-order valence-electron chi connectivity index (χ4n) is 4.47. The third kappa shape index (κ3) is 4.14. The summed E-state index contributed by atoms with van der Waals surface area (Å²) in [4.78, 5) is 26.7. The van der Waals surface area contributed by atoms with E-state index in [-0.39, 0.29) is 5.91 Å². The third-order valence-electron chi connectivity index (χ3n) is 6.26. The van der Waals surface area contributed by atoms with Crippen molar-refractivity contribution in [3.63, 3.8) is 0 Å². The molecule has 0 radical (unpaired) electrons. The molecular formula is C27H24N6O2. The number of furan rings is 1. The lowest BCUT2D eigenvalue weighted by molar-refractivity contribution is 0.0714.